The minimum atomic E-state index is -0.244. The molecule has 2 amide bonds. The average Bonchev–Trinajstić information content (AvgIpc) is 2.98. The van der Waals surface area contributed by atoms with Gasteiger partial charge in [-0.3, -0.25) is 9.59 Å². The van der Waals surface area contributed by atoms with E-state index in [0.717, 1.165) is 24.3 Å². The van der Waals surface area contributed by atoms with Crippen molar-refractivity contribution in [1.29, 1.82) is 0 Å². The van der Waals surface area contributed by atoms with Crippen LogP contribution in [0.4, 0.5) is 5.69 Å². The predicted octanol–water partition coefficient (Wildman–Crippen LogP) is 2.50. The second kappa shape index (κ2) is 7.02. The van der Waals surface area contributed by atoms with Crippen LogP contribution >= 0.6 is 0 Å². The van der Waals surface area contributed by atoms with Gasteiger partial charge in [-0.2, -0.15) is 0 Å². The van der Waals surface area contributed by atoms with E-state index in [1.54, 1.807) is 12.0 Å². The summed E-state index contributed by atoms with van der Waals surface area (Å²) < 4.78 is 5.14. The first-order valence-corrected chi connectivity index (χ1v) is 8.42. The molecule has 0 aromatic heterocycles. The number of benzene rings is 1. The molecule has 0 unspecified atom stereocenters. The fourth-order valence-electron chi connectivity index (χ4n) is 3.46. The number of carbonyl (C=O) groups is 2. The number of methoxy groups -OCH3 is 1. The number of hydrogen-bond donors (Lipinski definition) is 1. The van der Waals surface area contributed by atoms with Crippen molar-refractivity contribution in [2.75, 3.05) is 18.6 Å². The van der Waals surface area contributed by atoms with Gasteiger partial charge in [0.2, 0.25) is 11.8 Å². The molecule has 1 aliphatic carbocycles. The van der Waals surface area contributed by atoms with Crippen molar-refractivity contribution in [3.63, 3.8) is 0 Å². The Hall–Kier alpha value is -2.04. The summed E-state index contributed by atoms with van der Waals surface area (Å²) in [7, 11) is 1.61. The third kappa shape index (κ3) is 3.66. The number of carbonyl (C=O) groups excluding carboxylic acids is 2. The van der Waals surface area contributed by atoms with Gasteiger partial charge in [-0.1, -0.05) is 19.3 Å². The Labute approximate surface area is 137 Å². The second-order valence-electron chi connectivity index (χ2n) is 6.45. The first-order chi connectivity index (χ1) is 11.2. The van der Waals surface area contributed by atoms with Crippen LogP contribution in [0.2, 0.25) is 0 Å². The van der Waals surface area contributed by atoms with Crippen LogP contribution in [0.1, 0.15) is 38.5 Å². The van der Waals surface area contributed by atoms with Gasteiger partial charge in [0.25, 0.3) is 0 Å². The maximum absolute atomic E-state index is 12.4. The van der Waals surface area contributed by atoms with Crippen molar-refractivity contribution in [3.8, 4) is 5.75 Å². The summed E-state index contributed by atoms with van der Waals surface area (Å²) in [6.07, 6.45) is 6.06. The molecule has 1 aromatic rings. The molecule has 0 spiro atoms. The summed E-state index contributed by atoms with van der Waals surface area (Å²) in [6, 6.07) is 7.67. The van der Waals surface area contributed by atoms with Gasteiger partial charge in [-0.15, -0.1) is 0 Å². The third-order valence-corrected chi connectivity index (χ3v) is 4.83. The highest BCUT2D eigenvalue weighted by molar-refractivity contribution is 6.00. The summed E-state index contributed by atoms with van der Waals surface area (Å²) in [6.45, 7) is 0.462. The van der Waals surface area contributed by atoms with E-state index in [2.05, 4.69) is 5.32 Å². The Kier molecular flexibility index (Phi) is 4.84. The van der Waals surface area contributed by atoms with Crippen LogP contribution in [-0.4, -0.2) is 31.5 Å². The number of rotatable bonds is 4. The summed E-state index contributed by atoms with van der Waals surface area (Å²) >= 11 is 0. The molecular formula is C18H24N2O3. The zero-order chi connectivity index (χ0) is 16.2. The van der Waals surface area contributed by atoms with Crippen molar-refractivity contribution in [1.82, 2.24) is 5.32 Å². The zero-order valence-electron chi connectivity index (χ0n) is 13.6. The molecule has 0 bridgehead atoms. The molecule has 1 N–H and O–H groups in total. The van der Waals surface area contributed by atoms with E-state index in [0.29, 0.717) is 19.0 Å². The van der Waals surface area contributed by atoms with Crippen molar-refractivity contribution < 1.29 is 14.3 Å². The minimum Gasteiger partial charge on any atom is -0.497 e. The van der Waals surface area contributed by atoms with Crippen LogP contribution in [0.5, 0.6) is 5.75 Å². The summed E-state index contributed by atoms with van der Waals surface area (Å²) in [5, 5.41) is 3.13. The summed E-state index contributed by atoms with van der Waals surface area (Å²) in [4.78, 5) is 26.4. The molecule has 1 atom stereocenters. The number of nitrogens with one attached hydrogen (secondary N) is 1. The Balaban J connectivity index is 1.60. The summed E-state index contributed by atoms with van der Waals surface area (Å²) in [5.74, 6) is 0.554. The highest BCUT2D eigenvalue weighted by Gasteiger charge is 2.35. The molecule has 0 radical (unpaired) electrons. The Morgan fingerprint density at radius 2 is 1.87 bits per heavy atom. The van der Waals surface area contributed by atoms with Gasteiger partial charge in [0.05, 0.1) is 13.0 Å². The van der Waals surface area contributed by atoms with Gasteiger partial charge in [0.15, 0.2) is 0 Å². The second-order valence-corrected chi connectivity index (χ2v) is 6.45. The molecule has 124 valence electrons. The monoisotopic (exact) mass is 316 g/mol. The van der Waals surface area contributed by atoms with Crippen molar-refractivity contribution in [3.05, 3.63) is 24.3 Å². The standard InChI is InChI=1S/C18H24N2O3/c1-23-16-9-7-15(8-10-16)20-12-13(11-17(20)21)18(22)19-14-5-3-2-4-6-14/h7-10,13-14H,2-6,11-12H2,1H3,(H,19,22)/t13-/m1/s1. The lowest BCUT2D eigenvalue weighted by Crippen LogP contribution is -2.40. The molecule has 1 heterocycles. The smallest absolute Gasteiger partial charge is 0.227 e. The van der Waals surface area contributed by atoms with Gasteiger partial charge >= 0.3 is 0 Å². The van der Waals surface area contributed by atoms with E-state index >= 15 is 0 Å². The summed E-state index contributed by atoms with van der Waals surface area (Å²) in [5.41, 5.74) is 0.823. The van der Waals surface area contributed by atoms with Crippen LogP contribution in [0.15, 0.2) is 24.3 Å². The molecule has 5 heteroatoms. The Morgan fingerprint density at radius 3 is 2.52 bits per heavy atom. The van der Waals surface area contributed by atoms with Crippen molar-refractivity contribution >= 4 is 17.5 Å². The third-order valence-electron chi connectivity index (χ3n) is 4.83. The maximum atomic E-state index is 12.4. The zero-order valence-corrected chi connectivity index (χ0v) is 13.6. The molecule has 1 saturated heterocycles. The maximum Gasteiger partial charge on any atom is 0.227 e. The van der Waals surface area contributed by atoms with E-state index in [9.17, 15) is 9.59 Å². The van der Waals surface area contributed by atoms with Gasteiger partial charge in [0, 0.05) is 24.7 Å². The average molecular weight is 316 g/mol. The molecule has 1 aromatic carbocycles. The van der Waals surface area contributed by atoms with E-state index < -0.39 is 0 Å². The molecule has 2 fully saturated rings. The molecular weight excluding hydrogens is 292 g/mol. The fraction of sp³-hybridized carbons (Fsp3) is 0.556. The highest BCUT2D eigenvalue weighted by Crippen LogP contribution is 2.27. The van der Waals surface area contributed by atoms with Crippen LogP contribution in [-0.2, 0) is 9.59 Å². The van der Waals surface area contributed by atoms with E-state index in [1.807, 2.05) is 24.3 Å². The SMILES string of the molecule is COc1ccc(N2C[C@H](C(=O)NC3CCCCC3)CC2=O)cc1. The minimum absolute atomic E-state index is 0.0129. The van der Waals surface area contributed by atoms with Crippen molar-refractivity contribution in [2.45, 2.75) is 44.6 Å². The van der Waals surface area contributed by atoms with E-state index in [-0.39, 0.29) is 17.7 Å². The van der Waals surface area contributed by atoms with Crippen LogP contribution < -0.4 is 15.0 Å². The van der Waals surface area contributed by atoms with E-state index in [1.165, 1.54) is 19.3 Å². The van der Waals surface area contributed by atoms with Crippen molar-refractivity contribution in [2.24, 2.45) is 5.92 Å². The lowest BCUT2D eigenvalue weighted by atomic mass is 9.95. The van der Waals surface area contributed by atoms with Gasteiger partial charge < -0.3 is 15.0 Å². The molecule has 23 heavy (non-hydrogen) atoms. The van der Waals surface area contributed by atoms with E-state index in [4.69, 9.17) is 4.74 Å². The normalized spacial score (nSPS) is 22.2. The first kappa shape index (κ1) is 15.8. The van der Waals surface area contributed by atoms with Crippen LogP contribution in [0.25, 0.3) is 0 Å². The first-order valence-electron chi connectivity index (χ1n) is 8.42. The lowest BCUT2D eigenvalue weighted by molar-refractivity contribution is -0.127. The number of anilines is 1. The Bertz CT molecular complexity index is 564. The fourth-order valence-corrected chi connectivity index (χ4v) is 3.46. The Morgan fingerprint density at radius 1 is 1.17 bits per heavy atom. The quantitative estimate of drug-likeness (QED) is 0.928. The number of amides is 2. The molecule has 1 aliphatic heterocycles. The van der Waals surface area contributed by atoms with Crippen LogP contribution in [0, 0.1) is 5.92 Å². The topological polar surface area (TPSA) is 58.6 Å². The number of hydrogen-bond acceptors (Lipinski definition) is 3. The lowest BCUT2D eigenvalue weighted by Gasteiger charge is -2.24. The van der Waals surface area contributed by atoms with Gasteiger partial charge in [-0.25, -0.2) is 0 Å². The largest absolute Gasteiger partial charge is 0.497 e. The number of ether oxygens (including phenoxy) is 1. The van der Waals surface area contributed by atoms with Gasteiger partial charge in [0.1, 0.15) is 5.75 Å². The molecule has 1 saturated carbocycles. The molecule has 3 rings (SSSR count). The van der Waals surface area contributed by atoms with Crippen LogP contribution in [0.3, 0.4) is 0 Å². The molecule has 2 aliphatic rings. The van der Waals surface area contributed by atoms with Gasteiger partial charge in [-0.05, 0) is 37.1 Å². The predicted molar refractivity (Wildman–Crippen MR) is 88.5 cm³/mol. The highest BCUT2D eigenvalue weighted by atomic mass is 16.5. The number of nitrogens with zero attached hydrogens (tertiary/aromatic N) is 1. The molecule has 5 nitrogen and oxygen atoms in total.